The van der Waals surface area contributed by atoms with Crippen molar-refractivity contribution in [3.63, 3.8) is 0 Å². The van der Waals surface area contributed by atoms with Gasteiger partial charge >= 0.3 is 6.18 Å². The van der Waals surface area contributed by atoms with Gasteiger partial charge < -0.3 is 14.8 Å². The Morgan fingerprint density at radius 1 is 0.972 bits per heavy atom. The van der Waals surface area contributed by atoms with Gasteiger partial charge in [-0.1, -0.05) is 12.1 Å². The van der Waals surface area contributed by atoms with Gasteiger partial charge in [-0.05, 0) is 85.7 Å². The molecule has 0 saturated carbocycles. The summed E-state index contributed by atoms with van der Waals surface area (Å²) < 4.78 is 42.1. The highest BCUT2D eigenvalue weighted by Gasteiger charge is 2.41. The number of hydrogen-bond acceptors (Lipinski definition) is 3. The van der Waals surface area contributed by atoms with Gasteiger partial charge in [-0.3, -0.25) is 9.97 Å². The normalized spacial score (nSPS) is 17.9. The van der Waals surface area contributed by atoms with Crippen LogP contribution in [0, 0.1) is 13.8 Å². The summed E-state index contributed by atoms with van der Waals surface area (Å²) in [5, 5.41) is 4.03. The lowest BCUT2D eigenvalue weighted by atomic mass is 9.96. The van der Waals surface area contributed by atoms with Crippen LogP contribution in [0.1, 0.15) is 45.9 Å². The minimum Gasteiger partial charge on any atom is -0.352 e. The summed E-state index contributed by atoms with van der Waals surface area (Å²) in [6.45, 7) is 4.39. The van der Waals surface area contributed by atoms with E-state index in [2.05, 4.69) is 20.2 Å². The summed E-state index contributed by atoms with van der Waals surface area (Å²) in [6.07, 6.45) is 0.814. The average Bonchev–Trinajstić information content (AvgIpc) is 3.34. The van der Waals surface area contributed by atoms with Crippen LogP contribution in [0.15, 0.2) is 79.3 Å². The van der Waals surface area contributed by atoms with E-state index in [4.69, 9.17) is 12.2 Å². The fourth-order valence-electron chi connectivity index (χ4n) is 4.90. The van der Waals surface area contributed by atoms with Crippen LogP contribution in [0.5, 0.6) is 0 Å². The lowest BCUT2D eigenvalue weighted by Crippen LogP contribution is -2.29. The van der Waals surface area contributed by atoms with Gasteiger partial charge in [0.1, 0.15) is 0 Å². The van der Waals surface area contributed by atoms with Crippen molar-refractivity contribution in [1.82, 2.24) is 24.8 Å². The minimum atomic E-state index is -4.42. The third-order valence-corrected chi connectivity index (χ3v) is 6.87. The zero-order valence-electron chi connectivity index (χ0n) is 19.7. The van der Waals surface area contributed by atoms with Crippen LogP contribution in [-0.2, 0) is 12.7 Å². The number of halogens is 3. The number of thiocarbonyl (C=S) groups is 1. The van der Waals surface area contributed by atoms with Crippen molar-refractivity contribution >= 4 is 17.3 Å². The van der Waals surface area contributed by atoms with Gasteiger partial charge in [0.05, 0.1) is 23.3 Å². The van der Waals surface area contributed by atoms with Gasteiger partial charge in [-0.2, -0.15) is 13.2 Å². The van der Waals surface area contributed by atoms with Gasteiger partial charge in [0.25, 0.3) is 0 Å². The summed E-state index contributed by atoms with van der Waals surface area (Å²) in [5.74, 6) is 0. The first-order valence-corrected chi connectivity index (χ1v) is 11.9. The number of rotatable bonds is 5. The third kappa shape index (κ3) is 4.46. The first kappa shape index (κ1) is 24.0. The Morgan fingerprint density at radius 2 is 1.75 bits per heavy atom. The highest BCUT2D eigenvalue weighted by Crippen LogP contribution is 2.42. The van der Waals surface area contributed by atoms with E-state index in [1.54, 1.807) is 24.7 Å². The lowest BCUT2D eigenvalue weighted by molar-refractivity contribution is -0.137. The fraction of sp³-hybridized carbons (Fsp3) is 0.222. The number of benzene rings is 1. The summed E-state index contributed by atoms with van der Waals surface area (Å²) >= 11 is 5.77. The van der Waals surface area contributed by atoms with E-state index in [1.807, 2.05) is 54.8 Å². The van der Waals surface area contributed by atoms with Crippen LogP contribution in [0.3, 0.4) is 0 Å². The molecule has 1 aliphatic rings. The van der Waals surface area contributed by atoms with E-state index in [9.17, 15) is 13.2 Å². The maximum absolute atomic E-state index is 13.4. The van der Waals surface area contributed by atoms with Crippen LogP contribution in [0.4, 0.5) is 13.2 Å². The molecule has 0 unspecified atom stereocenters. The molecule has 1 N–H and O–H groups in total. The van der Waals surface area contributed by atoms with Gasteiger partial charge in [-0.15, -0.1) is 0 Å². The molecule has 1 aliphatic heterocycles. The first-order valence-electron chi connectivity index (χ1n) is 11.5. The minimum absolute atomic E-state index is 0.216. The van der Waals surface area contributed by atoms with E-state index in [0.717, 1.165) is 34.3 Å². The largest absolute Gasteiger partial charge is 0.416 e. The zero-order valence-corrected chi connectivity index (χ0v) is 20.5. The van der Waals surface area contributed by atoms with Crippen molar-refractivity contribution in [2.75, 3.05) is 0 Å². The number of aryl methyl sites for hydroxylation is 1. The van der Waals surface area contributed by atoms with Crippen LogP contribution >= 0.6 is 12.2 Å². The van der Waals surface area contributed by atoms with Crippen LogP contribution in [-0.4, -0.2) is 24.5 Å². The zero-order chi connectivity index (χ0) is 25.4. The molecule has 0 spiro atoms. The van der Waals surface area contributed by atoms with Gasteiger partial charge in [0.2, 0.25) is 0 Å². The predicted octanol–water partition coefficient (Wildman–Crippen LogP) is 6.08. The maximum Gasteiger partial charge on any atom is 0.416 e. The number of nitrogens with one attached hydrogen (secondary N) is 1. The molecule has 36 heavy (non-hydrogen) atoms. The molecule has 0 aliphatic carbocycles. The Kier molecular flexibility index (Phi) is 6.26. The molecular weight excluding hydrogens is 483 g/mol. The molecule has 0 radical (unpaired) electrons. The standard InChI is InChI=1S/C27H24F3N5S/c1-17-14-22(18(2)35(17)21-7-5-6-20(15-21)27(28,29)30)25-24(23-8-3-4-11-32-23)33-26(36)34(25)16-19-9-12-31-13-10-19/h3-15,24-25H,16H2,1-2H3,(H,33,36)/t24-,25+/m1/s1. The average molecular weight is 508 g/mol. The molecule has 0 amide bonds. The summed E-state index contributed by atoms with van der Waals surface area (Å²) in [5.41, 5.74) is 4.34. The highest BCUT2D eigenvalue weighted by atomic mass is 32.1. The molecule has 1 saturated heterocycles. The van der Waals surface area contributed by atoms with Crippen LogP contribution in [0.25, 0.3) is 5.69 Å². The van der Waals surface area contributed by atoms with E-state index < -0.39 is 11.7 Å². The van der Waals surface area contributed by atoms with Crippen molar-refractivity contribution in [3.8, 4) is 5.69 Å². The SMILES string of the molecule is Cc1cc([C@H]2[C@@H](c3ccccn3)NC(=S)N2Cc2ccncc2)c(C)n1-c1cccc(C(F)(F)F)c1. The summed E-state index contributed by atoms with van der Waals surface area (Å²) in [6, 6.07) is 16.6. The molecular formula is C27H24F3N5S. The quantitative estimate of drug-likeness (QED) is 0.332. The topological polar surface area (TPSA) is 46.0 Å². The highest BCUT2D eigenvalue weighted by molar-refractivity contribution is 7.80. The predicted molar refractivity (Wildman–Crippen MR) is 135 cm³/mol. The molecule has 5 rings (SSSR count). The summed E-state index contributed by atoms with van der Waals surface area (Å²) in [7, 11) is 0. The molecule has 5 nitrogen and oxygen atoms in total. The fourth-order valence-corrected chi connectivity index (χ4v) is 5.21. The molecule has 9 heteroatoms. The number of pyridine rings is 2. The third-order valence-electron chi connectivity index (χ3n) is 6.52. The molecule has 0 bridgehead atoms. The van der Waals surface area contributed by atoms with Gasteiger partial charge in [0.15, 0.2) is 5.11 Å². The second-order valence-electron chi connectivity index (χ2n) is 8.82. The smallest absolute Gasteiger partial charge is 0.352 e. The van der Waals surface area contributed by atoms with Crippen LogP contribution < -0.4 is 5.32 Å². The Hall–Kier alpha value is -3.72. The van der Waals surface area contributed by atoms with E-state index >= 15 is 0 Å². The van der Waals surface area contributed by atoms with E-state index in [0.29, 0.717) is 17.3 Å². The van der Waals surface area contributed by atoms with Crippen molar-refractivity contribution in [1.29, 1.82) is 0 Å². The second kappa shape index (κ2) is 9.39. The monoisotopic (exact) mass is 507 g/mol. The van der Waals surface area contributed by atoms with Gasteiger partial charge in [-0.25, -0.2) is 0 Å². The van der Waals surface area contributed by atoms with Crippen molar-refractivity contribution in [2.24, 2.45) is 0 Å². The van der Waals surface area contributed by atoms with Crippen molar-refractivity contribution in [3.05, 3.63) is 113 Å². The Balaban J connectivity index is 1.62. The van der Waals surface area contributed by atoms with Crippen molar-refractivity contribution in [2.45, 2.75) is 38.7 Å². The first-order chi connectivity index (χ1) is 17.2. The molecule has 4 heterocycles. The van der Waals surface area contributed by atoms with Crippen LogP contribution in [0.2, 0.25) is 0 Å². The molecule has 3 aromatic heterocycles. The molecule has 4 aromatic rings. The van der Waals surface area contributed by atoms with Gasteiger partial charge in [0, 0.05) is 42.2 Å². The molecule has 184 valence electrons. The number of alkyl halides is 3. The Labute approximate surface area is 212 Å². The number of hydrogen-bond donors (Lipinski definition) is 1. The van der Waals surface area contributed by atoms with E-state index in [1.165, 1.54) is 12.1 Å². The molecule has 2 atom stereocenters. The molecule has 1 aromatic carbocycles. The Bertz CT molecular complexity index is 1390. The maximum atomic E-state index is 13.4. The Morgan fingerprint density at radius 3 is 2.44 bits per heavy atom. The number of nitrogens with zero attached hydrogens (tertiary/aromatic N) is 4. The van der Waals surface area contributed by atoms with E-state index in [-0.39, 0.29) is 12.1 Å². The second-order valence-corrected chi connectivity index (χ2v) is 9.21. The molecule has 1 fully saturated rings. The van der Waals surface area contributed by atoms with Crippen molar-refractivity contribution < 1.29 is 13.2 Å². The summed E-state index contributed by atoms with van der Waals surface area (Å²) in [4.78, 5) is 10.8. The lowest BCUT2D eigenvalue weighted by Gasteiger charge is -2.28. The number of aromatic nitrogens is 3.